The molecular weight excluding hydrogens is 360 g/mol. The fourth-order valence-electron chi connectivity index (χ4n) is 3.91. The van der Waals surface area contributed by atoms with Crippen LogP contribution in [0, 0.1) is 5.92 Å². The van der Waals surface area contributed by atoms with E-state index in [0.717, 1.165) is 18.4 Å². The first-order valence-corrected chi connectivity index (χ1v) is 9.61. The second kappa shape index (κ2) is 7.77. The summed E-state index contributed by atoms with van der Waals surface area (Å²) >= 11 is 0. The van der Waals surface area contributed by atoms with Crippen LogP contribution in [-0.2, 0) is 22.6 Å². The standard InChI is InChI=1S/C21H24N2O5/c24-18(20(26)22-12-15-5-3-11-28-15)19(25)21(27)23-10-9-13-4-1-2-6-16(13)17(23)14-7-8-14/h1-6,11,14,17-19,24-25H,7-10,12H2,(H,22,26)/t17?,18-,19-/m1/s1. The average Bonchev–Trinajstić information content (AvgIpc) is 3.43. The minimum absolute atomic E-state index is 0.0750. The quantitative estimate of drug-likeness (QED) is 0.693. The zero-order valence-corrected chi connectivity index (χ0v) is 15.5. The van der Waals surface area contributed by atoms with Crippen LogP contribution in [0.3, 0.4) is 0 Å². The number of hydrogen-bond acceptors (Lipinski definition) is 5. The van der Waals surface area contributed by atoms with Crippen molar-refractivity contribution in [2.45, 2.75) is 44.1 Å². The molecular formula is C21H24N2O5. The van der Waals surface area contributed by atoms with Gasteiger partial charge in [0.2, 0.25) is 0 Å². The molecule has 7 heteroatoms. The van der Waals surface area contributed by atoms with Gasteiger partial charge in [-0.25, -0.2) is 0 Å². The fraction of sp³-hybridized carbons (Fsp3) is 0.429. The van der Waals surface area contributed by atoms with Crippen molar-refractivity contribution in [3.63, 3.8) is 0 Å². The van der Waals surface area contributed by atoms with Crippen molar-refractivity contribution in [2.24, 2.45) is 5.92 Å². The number of hydrogen-bond donors (Lipinski definition) is 3. The van der Waals surface area contributed by atoms with Crippen LogP contribution in [0.5, 0.6) is 0 Å². The molecule has 3 atom stereocenters. The minimum atomic E-state index is -1.83. The predicted molar refractivity (Wildman–Crippen MR) is 99.9 cm³/mol. The zero-order chi connectivity index (χ0) is 19.7. The van der Waals surface area contributed by atoms with E-state index in [1.54, 1.807) is 17.0 Å². The number of furan rings is 1. The Kier molecular flexibility index (Phi) is 5.19. The normalized spacial score (nSPS) is 20.9. The number of fused-ring (bicyclic) bond motifs is 1. The highest BCUT2D eigenvalue weighted by molar-refractivity contribution is 5.91. The van der Waals surface area contributed by atoms with Crippen molar-refractivity contribution >= 4 is 11.8 Å². The van der Waals surface area contributed by atoms with Crippen LogP contribution in [0.25, 0.3) is 0 Å². The predicted octanol–water partition coefficient (Wildman–Crippen LogP) is 1.15. The lowest BCUT2D eigenvalue weighted by Gasteiger charge is -2.39. The number of aliphatic hydroxyl groups is 2. The van der Waals surface area contributed by atoms with Gasteiger partial charge in [0.15, 0.2) is 12.2 Å². The van der Waals surface area contributed by atoms with E-state index in [1.807, 2.05) is 18.2 Å². The number of amides is 2. The summed E-state index contributed by atoms with van der Waals surface area (Å²) in [4.78, 5) is 26.7. The molecule has 0 spiro atoms. The smallest absolute Gasteiger partial charge is 0.255 e. The van der Waals surface area contributed by atoms with Gasteiger partial charge in [-0.2, -0.15) is 0 Å². The van der Waals surface area contributed by atoms with Gasteiger partial charge < -0.3 is 24.8 Å². The highest BCUT2D eigenvalue weighted by Crippen LogP contribution is 2.47. The van der Waals surface area contributed by atoms with Crippen molar-refractivity contribution in [1.82, 2.24) is 10.2 Å². The summed E-state index contributed by atoms with van der Waals surface area (Å²) < 4.78 is 5.11. The Labute approximate surface area is 163 Å². The number of nitrogens with zero attached hydrogens (tertiary/aromatic N) is 1. The van der Waals surface area contributed by atoms with Gasteiger partial charge >= 0.3 is 0 Å². The molecule has 1 aliphatic heterocycles. The van der Waals surface area contributed by atoms with Crippen molar-refractivity contribution in [3.05, 3.63) is 59.5 Å². The van der Waals surface area contributed by atoms with Crippen LogP contribution in [0.2, 0.25) is 0 Å². The maximum Gasteiger partial charge on any atom is 0.255 e. The van der Waals surface area contributed by atoms with Crippen LogP contribution < -0.4 is 5.32 Å². The molecule has 1 aromatic heterocycles. The maximum absolute atomic E-state index is 12.9. The van der Waals surface area contributed by atoms with E-state index < -0.39 is 24.0 Å². The third-order valence-corrected chi connectivity index (χ3v) is 5.52. The van der Waals surface area contributed by atoms with E-state index in [1.165, 1.54) is 11.8 Å². The Morgan fingerprint density at radius 3 is 2.64 bits per heavy atom. The van der Waals surface area contributed by atoms with Crippen LogP contribution in [0.1, 0.15) is 35.8 Å². The van der Waals surface area contributed by atoms with Crippen LogP contribution in [0.4, 0.5) is 0 Å². The third kappa shape index (κ3) is 3.68. The van der Waals surface area contributed by atoms with Gasteiger partial charge in [0, 0.05) is 6.54 Å². The van der Waals surface area contributed by atoms with Crippen LogP contribution >= 0.6 is 0 Å². The maximum atomic E-state index is 12.9. The van der Waals surface area contributed by atoms with Crippen LogP contribution in [0.15, 0.2) is 47.1 Å². The first-order valence-electron chi connectivity index (χ1n) is 9.61. The molecule has 7 nitrogen and oxygen atoms in total. The highest BCUT2D eigenvalue weighted by Gasteiger charge is 2.44. The minimum Gasteiger partial charge on any atom is -0.467 e. The summed E-state index contributed by atoms with van der Waals surface area (Å²) in [6.45, 7) is 0.542. The largest absolute Gasteiger partial charge is 0.467 e. The van der Waals surface area contributed by atoms with E-state index in [4.69, 9.17) is 4.42 Å². The number of carbonyl (C=O) groups excluding carboxylic acids is 2. The Balaban J connectivity index is 1.44. The lowest BCUT2D eigenvalue weighted by Crippen LogP contribution is -2.53. The molecule has 2 aromatic rings. The highest BCUT2D eigenvalue weighted by atomic mass is 16.3. The van der Waals surface area contributed by atoms with E-state index in [0.29, 0.717) is 24.6 Å². The molecule has 0 saturated heterocycles. The zero-order valence-electron chi connectivity index (χ0n) is 15.5. The lowest BCUT2D eigenvalue weighted by atomic mass is 9.89. The average molecular weight is 384 g/mol. The Morgan fingerprint density at radius 2 is 1.93 bits per heavy atom. The summed E-state index contributed by atoms with van der Waals surface area (Å²) in [5.41, 5.74) is 2.32. The van der Waals surface area contributed by atoms with Crippen molar-refractivity contribution < 1.29 is 24.2 Å². The summed E-state index contributed by atoms with van der Waals surface area (Å²) in [6, 6.07) is 11.3. The monoisotopic (exact) mass is 384 g/mol. The van der Waals surface area contributed by atoms with Crippen LogP contribution in [-0.4, -0.2) is 45.7 Å². The molecule has 4 rings (SSSR count). The second-order valence-corrected chi connectivity index (χ2v) is 7.45. The second-order valence-electron chi connectivity index (χ2n) is 7.45. The van der Waals surface area contributed by atoms with Gasteiger partial charge in [0.25, 0.3) is 11.8 Å². The molecule has 1 unspecified atom stereocenters. The van der Waals surface area contributed by atoms with Crippen molar-refractivity contribution in [1.29, 1.82) is 0 Å². The Morgan fingerprint density at radius 1 is 1.14 bits per heavy atom. The van der Waals surface area contributed by atoms with Crippen molar-refractivity contribution in [2.75, 3.05) is 6.54 Å². The summed E-state index contributed by atoms with van der Waals surface area (Å²) in [5, 5.41) is 23.1. The van der Waals surface area contributed by atoms with Gasteiger partial charge in [0.05, 0.1) is 18.8 Å². The molecule has 28 heavy (non-hydrogen) atoms. The van der Waals surface area contributed by atoms with E-state index >= 15 is 0 Å². The molecule has 1 saturated carbocycles. The first kappa shape index (κ1) is 18.7. The molecule has 3 N–H and O–H groups in total. The van der Waals surface area contributed by atoms with E-state index in [2.05, 4.69) is 11.4 Å². The molecule has 0 radical (unpaired) electrons. The van der Waals surface area contributed by atoms with Crippen molar-refractivity contribution in [3.8, 4) is 0 Å². The number of rotatable bonds is 6. The molecule has 148 valence electrons. The first-order chi connectivity index (χ1) is 13.6. The van der Waals surface area contributed by atoms with Gasteiger partial charge in [-0.05, 0) is 48.4 Å². The Bertz CT molecular complexity index is 846. The number of aliphatic hydroxyl groups excluding tert-OH is 2. The lowest BCUT2D eigenvalue weighted by molar-refractivity contribution is -0.155. The summed E-state index contributed by atoms with van der Waals surface area (Å²) in [6.07, 6.45) is 0.597. The SMILES string of the molecule is O=C(NCc1ccco1)[C@H](O)[C@@H](O)C(=O)N1CCc2ccccc2C1C1CC1. The van der Waals surface area contributed by atoms with Gasteiger partial charge in [-0.3, -0.25) is 9.59 Å². The topological polar surface area (TPSA) is 103 Å². The fourth-order valence-corrected chi connectivity index (χ4v) is 3.91. The molecule has 0 bridgehead atoms. The van der Waals surface area contributed by atoms with E-state index in [-0.39, 0.29) is 12.6 Å². The summed E-state index contributed by atoms with van der Waals surface area (Å²) in [5.74, 6) is -0.532. The molecule has 2 amide bonds. The van der Waals surface area contributed by atoms with E-state index in [9.17, 15) is 19.8 Å². The Hall–Kier alpha value is -2.64. The number of benzene rings is 1. The van der Waals surface area contributed by atoms with Gasteiger partial charge in [-0.1, -0.05) is 24.3 Å². The molecule has 2 heterocycles. The van der Waals surface area contributed by atoms with Gasteiger partial charge in [-0.15, -0.1) is 0 Å². The number of carbonyl (C=O) groups is 2. The molecule has 1 aliphatic carbocycles. The molecule has 1 aromatic carbocycles. The third-order valence-electron chi connectivity index (χ3n) is 5.52. The molecule has 1 fully saturated rings. The number of nitrogens with one attached hydrogen (secondary N) is 1. The van der Waals surface area contributed by atoms with Gasteiger partial charge in [0.1, 0.15) is 5.76 Å². The molecule has 2 aliphatic rings. The summed E-state index contributed by atoms with van der Waals surface area (Å²) in [7, 11) is 0.